The monoisotopic (exact) mass is 229 g/mol. The van der Waals surface area contributed by atoms with Gasteiger partial charge < -0.3 is 4.74 Å². The molecule has 0 N–H and O–H groups in total. The summed E-state index contributed by atoms with van der Waals surface area (Å²) in [6, 6.07) is 6.93. The molecule has 0 bridgehead atoms. The van der Waals surface area contributed by atoms with Crippen LogP contribution in [-0.4, -0.2) is 28.3 Å². The van der Waals surface area contributed by atoms with E-state index in [2.05, 4.69) is 0 Å². The van der Waals surface area contributed by atoms with Crippen molar-refractivity contribution in [2.24, 2.45) is 0 Å². The molecule has 84 valence electrons. The molecule has 0 heterocycles. The Kier molecular flexibility index (Phi) is 3.57. The van der Waals surface area contributed by atoms with E-state index in [1.54, 1.807) is 38.3 Å². The van der Waals surface area contributed by atoms with Crippen molar-refractivity contribution < 1.29 is 13.2 Å². The van der Waals surface area contributed by atoms with E-state index in [-0.39, 0.29) is 0 Å². The zero-order valence-electron chi connectivity index (χ0n) is 9.10. The first-order valence-electron chi connectivity index (χ1n) is 4.60. The van der Waals surface area contributed by atoms with Crippen LogP contribution in [0, 0.1) is 0 Å². The van der Waals surface area contributed by atoms with Gasteiger partial charge in [-0.1, -0.05) is 0 Å². The van der Waals surface area contributed by atoms with Crippen molar-refractivity contribution in [2.45, 2.75) is 6.92 Å². The number of sulfonamides is 1. The maximum Gasteiger partial charge on any atom is 0.232 e. The zero-order valence-corrected chi connectivity index (χ0v) is 9.91. The van der Waals surface area contributed by atoms with Crippen LogP contribution in [-0.2, 0) is 10.0 Å². The van der Waals surface area contributed by atoms with Gasteiger partial charge in [-0.05, 0) is 31.2 Å². The van der Waals surface area contributed by atoms with Gasteiger partial charge in [0, 0.05) is 6.54 Å². The Morgan fingerprint density at radius 2 is 1.80 bits per heavy atom. The lowest BCUT2D eigenvalue weighted by Gasteiger charge is -2.20. The van der Waals surface area contributed by atoms with Gasteiger partial charge in [-0.15, -0.1) is 0 Å². The first kappa shape index (κ1) is 11.8. The lowest BCUT2D eigenvalue weighted by molar-refractivity contribution is 0.415. The Balaban J connectivity index is 3.04. The van der Waals surface area contributed by atoms with E-state index in [0.29, 0.717) is 18.0 Å². The highest BCUT2D eigenvalue weighted by atomic mass is 32.2. The molecule has 15 heavy (non-hydrogen) atoms. The van der Waals surface area contributed by atoms with Gasteiger partial charge >= 0.3 is 0 Å². The number of methoxy groups -OCH3 is 1. The minimum absolute atomic E-state index is 0.422. The van der Waals surface area contributed by atoms with E-state index in [9.17, 15) is 8.42 Å². The first-order chi connectivity index (χ1) is 6.99. The van der Waals surface area contributed by atoms with E-state index in [1.165, 1.54) is 10.6 Å². The van der Waals surface area contributed by atoms with Crippen LogP contribution in [0.3, 0.4) is 0 Å². The fourth-order valence-electron chi connectivity index (χ4n) is 1.36. The average molecular weight is 229 g/mol. The average Bonchev–Trinajstić information content (AvgIpc) is 2.18. The van der Waals surface area contributed by atoms with Crippen molar-refractivity contribution in [1.29, 1.82) is 0 Å². The minimum atomic E-state index is -3.20. The van der Waals surface area contributed by atoms with E-state index in [4.69, 9.17) is 4.74 Å². The second-order valence-corrected chi connectivity index (χ2v) is 5.03. The summed E-state index contributed by atoms with van der Waals surface area (Å²) in [6.45, 7) is 2.22. The molecule has 0 fully saturated rings. The lowest BCUT2D eigenvalue weighted by Crippen LogP contribution is -2.29. The molecule has 5 heteroatoms. The number of nitrogens with zero attached hydrogens (tertiary/aromatic N) is 1. The number of ether oxygens (including phenoxy) is 1. The molecule has 0 saturated carbocycles. The summed E-state index contributed by atoms with van der Waals surface area (Å²) in [7, 11) is -1.62. The summed E-state index contributed by atoms with van der Waals surface area (Å²) >= 11 is 0. The molecule has 0 aromatic heterocycles. The fourth-order valence-corrected chi connectivity index (χ4v) is 2.33. The Morgan fingerprint density at radius 3 is 2.13 bits per heavy atom. The zero-order chi connectivity index (χ0) is 11.5. The molecule has 1 aromatic carbocycles. The van der Waals surface area contributed by atoms with Crippen LogP contribution in [0.2, 0.25) is 0 Å². The van der Waals surface area contributed by atoms with Crippen molar-refractivity contribution >= 4 is 15.7 Å². The molecule has 0 unspecified atom stereocenters. The molecular weight excluding hydrogens is 214 g/mol. The predicted molar refractivity (Wildman–Crippen MR) is 60.9 cm³/mol. The lowest BCUT2D eigenvalue weighted by atomic mass is 10.3. The SMILES string of the molecule is CCN(c1ccc(OC)cc1)S(C)(=O)=O. The highest BCUT2D eigenvalue weighted by Crippen LogP contribution is 2.20. The summed E-state index contributed by atoms with van der Waals surface area (Å²) < 4.78 is 29.2. The number of benzene rings is 1. The van der Waals surface area contributed by atoms with Gasteiger partial charge in [-0.2, -0.15) is 0 Å². The second-order valence-electron chi connectivity index (χ2n) is 3.13. The van der Waals surface area contributed by atoms with Gasteiger partial charge in [0.2, 0.25) is 10.0 Å². The van der Waals surface area contributed by atoms with E-state index < -0.39 is 10.0 Å². The molecule has 1 aromatic rings. The first-order valence-corrected chi connectivity index (χ1v) is 6.45. The molecule has 0 aliphatic carbocycles. The maximum atomic E-state index is 11.4. The normalized spacial score (nSPS) is 11.1. The van der Waals surface area contributed by atoms with Crippen molar-refractivity contribution in [3.05, 3.63) is 24.3 Å². The van der Waals surface area contributed by atoms with Crippen molar-refractivity contribution in [3.8, 4) is 5.75 Å². The van der Waals surface area contributed by atoms with Crippen LogP contribution in [0.25, 0.3) is 0 Å². The number of anilines is 1. The summed E-state index contributed by atoms with van der Waals surface area (Å²) in [4.78, 5) is 0. The van der Waals surface area contributed by atoms with Crippen molar-refractivity contribution in [3.63, 3.8) is 0 Å². The molecular formula is C10H15NO3S. The quantitative estimate of drug-likeness (QED) is 0.785. The van der Waals surface area contributed by atoms with Gasteiger partial charge in [0.05, 0.1) is 19.1 Å². The summed E-state index contributed by atoms with van der Waals surface area (Å²) in [6.07, 6.45) is 1.20. The number of hydrogen-bond acceptors (Lipinski definition) is 3. The minimum Gasteiger partial charge on any atom is -0.497 e. The summed E-state index contributed by atoms with van der Waals surface area (Å²) in [5, 5.41) is 0. The third-order valence-electron chi connectivity index (χ3n) is 2.05. The Morgan fingerprint density at radius 1 is 1.27 bits per heavy atom. The maximum absolute atomic E-state index is 11.4. The molecule has 0 radical (unpaired) electrons. The Bertz CT molecular complexity index is 411. The molecule has 1 rings (SSSR count). The third-order valence-corrected chi connectivity index (χ3v) is 3.32. The van der Waals surface area contributed by atoms with Gasteiger partial charge in [0.1, 0.15) is 5.75 Å². The molecule has 0 aliphatic rings. The Hall–Kier alpha value is -1.23. The summed E-state index contributed by atoms with van der Waals surface area (Å²) in [5.41, 5.74) is 0.654. The standard InChI is InChI=1S/C10H15NO3S/c1-4-11(15(3,12)13)9-5-7-10(14-2)8-6-9/h5-8H,4H2,1-3H3. The number of hydrogen-bond donors (Lipinski definition) is 0. The van der Waals surface area contributed by atoms with Crippen LogP contribution >= 0.6 is 0 Å². The molecule has 0 spiro atoms. The molecule has 4 nitrogen and oxygen atoms in total. The van der Waals surface area contributed by atoms with Crippen LogP contribution < -0.4 is 9.04 Å². The van der Waals surface area contributed by atoms with E-state index in [1.807, 2.05) is 0 Å². The van der Waals surface area contributed by atoms with Crippen LogP contribution in [0.1, 0.15) is 6.92 Å². The smallest absolute Gasteiger partial charge is 0.232 e. The molecule has 0 saturated heterocycles. The van der Waals surface area contributed by atoms with Gasteiger partial charge in [-0.3, -0.25) is 4.31 Å². The van der Waals surface area contributed by atoms with Crippen LogP contribution in [0.5, 0.6) is 5.75 Å². The Labute approximate surface area is 90.5 Å². The van der Waals surface area contributed by atoms with E-state index in [0.717, 1.165) is 0 Å². The highest BCUT2D eigenvalue weighted by molar-refractivity contribution is 7.92. The largest absolute Gasteiger partial charge is 0.497 e. The predicted octanol–water partition coefficient (Wildman–Crippen LogP) is 1.48. The van der Waals surface area contributed by atoms with Crippen LogP contribution in [0.15, 0.2) is 24.3 Å². The van der Waals surface area contributed by atoms with Crippen LogP contribution in [0.4, 0.5) is 5.69 Å². The third kappa shape index (κ3) is 2.86. The van der Waals surface area contributed by atoms with Gasteiger partial charge in [-0.25, -0.2) is 8.42 Å². The molecule has 0 amide bonds. The summed E-state index contributed by atoms with van der Waals surface area (Å²) in [5.74, 6) is 0.711. The van der Waals surface area contributed by atoms with Crippen molar-refractivity contribution in [2.75, 3.05) is 24.2 Å². The second kappa shape index (κ2) is 4.53. The van der Waals surface area contributed by atoms with E-state index >= 15 is 0 Å². The van der Waals surface area contributed by atoms with Crippen molar-refractivity contribution in [1.82, 2.24) is 0 Å². The number of rotatable bonds is 4. The molecule has 0 aliphatic heterocycles. The topological polar surface area (TPSA) is 46.6 Å². The fraction of sp³-hybridized carbons (Fsp3) is 0.400. The molecule has 0 atom stereocenters. The van der Waals surface area contributed by atoms with Gasteiger partial charge in [0.25, 0.3) is 0 Å². The van der Waals surface area contributed by atoms with Gasteiger partial charge in [0.15, 0.2) is 0 Å². The highest BCUT2D eigenvalue weighted by Gasteiger charge is 2.14.